The van der Waals surface area contributed by atoms with Gasteiger partial charge in [-0.05, 0) is 110 Å². The molecule has 0 aromatic heterocycles. The lowest BCUT2D eigenvalue weighted by Crippen LogP contribution is -2.55. The number of rotatable bonds is 15. The Kier molecular flexibility index (Phi) is 18.5. The summed E-state index contributed by atoms with van der Waals surface area (Å²) in [5.74, 6) is -1.54. The SMILES string of the molecule is NC1COC1.O=C(CSCC[C@@H]1OCC[C@@]2(Cc3ccc(Cl)cc3)c3c(F)ccc(F)c3OC[C@@H]12)NC1COC1.O=C(O)CSCC[C@@H]1OCC[C@@]2(Cc3ccc(Cl)cc3)c3c(F)ccc(F)c3OC[C@@H]12. The summed E-state index contributed by atoms with van der Waals surface area (Å²) in [7, 11) is 0. The fraction of sp³-hybridized carbons (Fsp3) is 0.500. The van der Waals surface area contributed by atoms with Gasteiger partial charge in [0.25, 0.3) is 0 Å². The zero-order valence-electron chi connectivity index (χ0n) is 39.0. The lowest BCUT2D eigenvalue weighted by molar-refractivity contribution is -0.134. The van der Waals surface area contributed by atoms with Gasteiger partial charge in [0.05, 0.1) is 75.4 Å². The Morgan fingerprint density at radius 2 is 1.06 bits per heavy atom. The van der Waals surface area contributed by atoms with Gasteiger partial charge < -0.3 is 44.6 Å². The summed E-state index contributed by atoms with van der Waals surface area (Å²) in [6.07, 6.45) is 3.01. The summed E-state index contributed by atoms with van der Waals surface area (Å²) >= 11 is 15.0. The molecule has 384 valence electrons. The molecule has 6 aliphatic heterocycles. The van der Waals surface area contributed by atoms with Gasteiger partial charge in [0.1, 0.15) is 11.6 Å². The van der Waals surface area contributed by atoms with E-state index < -0.39 is 40.1 Å². The van der Waals surface area contributed by atoms with Gasteiger partial charge in [-0.1, -0.05) is 47.5 Å². The summed E-state index contributed by atoms with van der Waals surface area (Å²) in [6.45, 7) is 3.99. The van der Waals surface area contributed by atoms with E-state index in [1.807, 2.05) is 36.4 Å². The Morgan fingerprint density at radius 3 is 1.45 bits per heavy atom. The number of amides is 1. The van der Waals surface area contributed by atoms with E-state index in [-0.39, 0.29) is 72.0 Å². The number of benzene rings is 4. The molecule has 6 heterocycles. The summed E-state index contributed by atoms with van der Waals surface area (Å²) in [5.41, 5.74) is 6.48. The summed E-state index contributed by atoms with van der Waals surface area (Å²) in [6, 6.07) is 20.0. The van der Waals surface area contributed by atoms with Crippen LogP contribution in [0.5, 0.6) is 11.5 Å². The smallest absolute Gasteiger partial charge is 0.313 e. The quantitative estimate of drug-likeness (QED) is 0.0772. The molecule has 1 amide bonds. The first-order valence-corrected chi connectivity index (χ1v) is 26.8. The molecular formula is C52H58Cl2F4N2O9S2. The maximum Gasteiger partial charge on any atom is 0.313 e. The highest BCUT2D eigenvalue weighted by molar-refractivity contribution is 8.00. The third kappa shape index (κ3) is 12.8. The van der Waals surface area contributed by atoms with E-state index in [0.717, 1.165) is 42.5 Å². The van der Waals surface area contributed by atoms with Crippen LogP contribution in [-0.2, 0) is 52.2 Å². The van der Waals surface area contributed by atoms with Gasteiger partial charge in [0.2, 0.25) is 5.91 Å². The maximum absolute atomic E-state index is 15.3. The number of hydrogen-bond acceptors (Lipinski definition) is 11. The molecule has 71 heavy (non-hydrogen) atoms. The highest BCUT2D eigenvalue weighted by Crippen LogP contribution is 2.54. The minimum atomic E-state index is -0.862. The van der Waals surface area contributed by atoms with Gasteiger partial charge >= 0.3 is 5.97 Å². The highest BCUT2D eigenvalue weighted by atomic mass is 35.5. The Hall–Kier alpha value is -3.78. The number of nitrogens with two attached hydrogens (primary N) is 1. The molecule has 0 bridgehead atoms. The first kappa shape index (κ1) is 53.5. The average Bonchev–Trinajstić information content (AvgIpc) is 3.33. The molecule has 0 unspecified atom stereocenters. The van der Waals surface area contributed by atoms with Gasteiger partial charge in [0, 0.05) is 57.1 Å². The van der Waals surface area contributed by atoms with E-state index in [1.165, 1.54) is 17.8 Å². The zero-order chi connectivity index (χ0) is 50.1. The standard InChI is InChI=1S/C26H28ClF2NO4S.C23H23ClF2O4S.C3H7NO/c27-17-3-1-16(2-4-17)11-26-8-9-33-22(7-10-35-15-23(31)30-18-12-32-13-18)19(26)14-34-25-21(29)6-5-20(28)24(25)26;24-15-3-1-14(2-4-15)11-23-8-9-29-19(7-10-31-13-20(27)28)16(23)12-30-22-18(26)6-5-17(25)21(22)23;4-3-1-5-2-3/h1-6,18-19,22H,7-15H2,(H,30,31);1-6,16,19H,7-13H2,(H,27,28);3H,1-2,4H2/t19-,22-,26-;16-,19-,23-;/m00./s1. The molecule has 4 aromatic carbocycles. The van der Waals surface area contributed by atoms with Crippen molar-refractivity contribution >= 4 is 58.6 Å². The van der Waals surface area contributed by atoms with Crippen LogP contribution in [0.25, 0.3) is 0 Å². The van der Waals surface area contributed by atoms with Crippen LogP contribution in [-0.4, -0.2) is 117 Å². The van der Waals surface area contributed by atoms with Crippen LogP contribution >= 0.6 is 46.7 Å². The van der Waals surface area contributed by atoms with Crippen molar-refractivity contribution in [3.63, 3.8) is 0 Å². The van der Waals surface area contributed by atoms with E-state index in [9.17, 15) is 18.4 Å². The molecule has 0 radical (unpaired) electrons. The van der Waals surface area contributed by atoms with Gasteiger partial charge in [-0.3, -0.25) is 9.59 Å². The number of aliphatic carboxylic acids is 1. The van der Waals surface area contributed by atoms with Crippen molar-refractivity contribution in [2.75, 3.05) is 75.9 Å². The van der Waals surface area contributed by atoms with Gasteiger partial charge in [-0.15, -0.1) is 0 Å². The molecule has 6 aliphatic rings. The third-order valence-corrected chi connectivity index (χ3v) is 16.6. The highest BCUT2D eigenvalue weighted by Gasteiger charge is 2.55. The molecule has 0 aliphatic carbocycles. The third-order valence-electron chi connectivity index (χ3n) is 14.1. The lowest BCUT2D eigenvalue weighted by Gasteiger charge is -2.51. The number of fused-ring (bicyclic) bond motifs is 6. The number of thioether (sulfide) groups is 2. The van der Waals surface area contributed by atoms with Crippen LogP contribution in [0, 0.1) is 35.1 Å². The predicted molar refractivity (Wildman–Crippen MR) is 266 cm³/mol. The second-order valence-corrected chi connectivity index (χ2v) is 21.8. The average molecular weight is 1070 g/mol. The van der Waals surface area contributed by atoms with Crippen LogP contribution in [0.3, 0.4) is 0 Å². The molecular weight excluding hydrogens is 1010 g/mol. The molecule has 10 rings (SSSR count). The van der Waals surface area contributed by atoms with Gasteiger partial charge in [0.15, 0.2) is 23.1 Å². The first-order valence-electron chi connectivity index (χ1n) is 23.8. The van der Waals surface area contributed by atoms with Crippen LogP contribution in [0.1, 0.15) is 47.9 Å². The number of carboxylic acid groups (broad SMARTS) is 1. The van der Waals surface area contributed by atoms with Crippen LogP contribution in [0.2, 0.25) is 10.0 Å². The van der Waals surface area contributed by atoms with Crippen molar-refractivity contribution in [2.45, 2.75) is 73.6 Å². The van der Waals surface area contributed by atoms with Crippen molar-refractivity contribution in [1.82, 2.24) is 5.32 Å². The van der Waals surface area contributed by atoms with Gasteiger partial charge in [-0.25, -0.2) is 17.6 Å². The van der Waals surface area contributed by atoms with Crippen LogP contribution in [0.15, 0.2) is 72.8 Å². The number of ether oxygens (including phenoxy) is 6. The zero-order valence-corrected chi connectivity index (χ0v) is 42.1. The fourth-order valence-electron chi connectivity index (χ4n) is 10.6. The molecule has 0 spiro atoms. The number of carbonyl (C=O) groups excluding carboxylic acids is 1. The van der Waals surface area contributed by atoms with E-state index in [1.54, 1.807) is 23.9 Å². The van der Waals surface area contributed by atoms with Crippen LogP contribution in [0.4, 0.5) is 17.6 Å². The van der Waals surface area contributed by atoms with E-state index in [4.69, 9.17) is 62.5 Å². The van der Waals surface area contributed by atoms with Crippen molar-refractivity contribution < 1.29 is 60.7 Å². The first-order chi connectivity index (χ1) is 34.3. The molecule has 11 nitrogen and oxygen atoms in total. The topological polar surface area (TPSA) is 148 Å². The minimum Gasteiger partial charge on any atom is -0.490 e. The summed E-state index contributed by atoms with van der Waals surface area (Å²) in [4.78, 5) is 22.9. The molecule has 4 N–H and O–H groups in total. The second-order valence-electron chi connectivity index (χ2n) is 18.7. The lowest BCUT2D eigenvalue weighted by atomic mass is 9.60. The molecule has 4 aromatic rings. The largest absolute Gasteiger partial charge is 0.490 e. The summed E-state index contributed by atoms with van der Waals surface area (Å²) < 4.78 is 93.4. The Bertz CT molecular complexity index is 2460. The fourth-order valence-corrected chi connectivity index (χ4v) is 12.3. The number of halogens is 6. The summed E-state index contributed by atoms with van der Waals surface area (Å²) in [5, 5.41) is 13.0. The molecule has 0 saturated carbocycles. The van der Waals surface area contributed by atoms with E-state index >= 15 is 8.78 Å². The molecule has 4 saturated heterocycles. The second kappa shape index (κ2) is 24.5. The van der Waals surface area contributed by atoms with Crippen molar-refractivity contribution in [2.24, 2.45) is 17.6 Å². The molecule has 19 heteroatoms. The Morgan fingerprint density at radius 1 is 0.634 bits per heavy atom. The van der Waals surface area contributed by atoms with E-state index in [0.29, 0.717) is 104 Å². The molecule has 4 fully saturated rings. The number of nitrogens with one attached hydrogen (secondary N) is 1. The van der Waals surface area contributed by atoms with Crippen LogP contribution < -0.4 is 20.5 Å². The number of carbonyl (C=O) groups is 2. The van der Waals surface area contributed by atoms with E-state index in [2.05, 4.69) is 5.32 Å². The Balaban J connectivity index is 0.000000174. The van der Waals surface area contributed by atoms with Crippen molar-refractivity contribution in [1.29, 1.82) is 0 Å². The van der Waals surface area contributed by atoms with Gasteiger partial charge in [-0.2, -0.15) is 23.5 Å². The minimum absolute atomic E-state index is 0.00239. The van der Waals surface area contributed by atoms with Crippen molar-refractivity contribution in [3.8, 4) is 11.5 Å². The van der Waals surface area contributed by atoms with Crippen molar-refractivity contribution in [3.05, 3.63) is 128 Å². The normalized spacial score (nSPS) is 25.3. The number of hydrogen-bond donors (Lipinski definition) is 3. The Labute approximate surface area is 429 Å². The maximum atomic E-state index is 15.3. The predicted octanol–water partition coefficient (Wildman–Crippen LogP) is 8.98. The molecule has 6 atom stereocenters. The monoisotopic (exact) mass is 1060 g/mol. The number of carboxylic acids is 1.